The summed E-state index contributed by atoms with van der Waals surface area (Å²) in [6, 6.07) is 10.6. The van der Waals surface area contributed by atoms with Crippen molar-refractivity contribution in [2.75, 3.05) is 21.3 Å². The van der Waals surface area contributed by atoms with E-state index in [0.717, 1.165) is 26.7 Å². The molecule has 3 aromatic rings. The Balaban J connectivity index is 1.64. The number of rotatable bonds is 8. The van der Waals surface area contributed by atoms with Crippen LogP contribution >= 0.6 is 22.9 Å². The highest BCUT2D eigenvalue weighted by molar-refractivity contribution is 7.12. The van der Waals surface area contributed by atoms with Gasteiger partial charge in [-0.25, -0.2) is 9.78 Å². The molecule has 0 fully saturated rings. The molecule has 2 aromatic carbocycles. The molecular formula is C23H26ClN3O4S. The molecule has 3 rings (SSSR count). The van der Waals surface area contributed by atoms with E-state index in [-0.39, 0.29) is 12.1 Å². The molecule has 9 heteroatoms. The molecule has 7 nitrogen and oxygen atoms in total. The third-order valence-electron chi connectivity index (χ3n) is 4.89. The van der Waals surface area contributed by atoms with Crippen LogP contribution in [-0.4, -0.2) is 32.3 Å². The van der Waals surface area contributed by atoms with E-state index in [4.69, 9.17) is 25.8 Å². The van der Waals surface area contributed by atoms with Gasteiger partial charge in [0.15, 0.2) is 11.5 Å². The van der Waals surface area contributed by atoms with Gasteiger partial charge in [-0.1, -0.05) is 23.7 Å². The van der Waals surface area contributed by atoms with Crippen LogP contribution < -0.4 is 24.8 Å². The molecule has 0 bridgehead atoms. The number of nitrogens with zero attached hydrogens (tertiary/aromatic N) is 1. The van der Waals surface area contributed by atoms with Gasteiger partial charge in [-0.2, -0.15) is 0 Å². The molecule has 0 aliphatic heterocycles. The van der Waals surface area contributed by atoms with E-state index in [1.165, 1.54) is 0 Å². The topological polar surface area (TPSA) is 81.7 Å². The Hall–Kier alpha value is -2.97. The minimum atomic E-state index is -0.299. The first-order chi connectivity index (χ1) is 15.4. The second-order valence-electron chi connectivity index (χ2n) is 7.03. The van der Waals surface area contributed by atoms with Gasteiger partial charge in [-0.3, -0.25) is 0 Å². The molecule has 1 heterocycles. The summed E-state index contributed by atoms with van der Waals surface area (Å²) in [5.74, 6) is 1.57. The van der Waals surface area contributed by atoms with Gasteiger partial charge in [0.1, 0.15) is 5.01 Å². The Morgan fingerprint density at radius 1 is 1.09 bits per heavy atom. The lowest BCUT2D eigenvalue weighted by molar-refractivity contribution is 0.237. The van der Waals surface area contributed by atoms with Gasteiger partial charge < -0.3 is 24.8 Å². The van der Waals surface area contributed by atoms with Crippen LogP contribution in [0.2, 0.25) is 5.02 Å². The van der Waals surface area contributed by atoms with Crippen LogP contribution in [0.3, 0.4) is 0 Å². The molecule has 0 unspecified atom stereocenters. The smallest absolute Gasteiger partial charge is 0.315 e. The van der Waals surface area contributed by atoms with Gasteiger partial charge in [-0.05, 0) is 43.7 Å². The summed E-state index contributed by atoms with van der Waals surface area (Å²) in [5.41, 5.74) is 2.72. The Morgan fingerprint density at radius 2 is 1.72 bits per heavy atom. The molecule has 170 valence electrons. The fourth-order valence-corrected chi connectivity index (χ4v) is 4.26. The lowest BCUT2D eigenvalue weighted by Gasteiger charge is -2.19. The number of ether oxygens (including phenoxy) is 3. The van der Waals surface area contributed by atoms with Crippen molar-refractivity contribution in [2.24, 2.45) is 0 Å². The lowest BCUT2D eigenvalue weighted by atomic mass is 10.1. The Kier molecular flexibility index (Phi) is 7.82. The number of carbonyl (C=O) groups excluding carboxylic acids is 1. The number of benzene rings is 2. The third kappa shape index (κ3) is 5.44. The molecule has 2 amide bonds. The van der Waals surface area contributed by atoms with Crippen molar-refractivity contribution in [3.63, 3.8) is 0 Å². The molecule has 2 N–H and O–H groups in total. The number of methoxy groups -OCH3 is 3. The van der Waals surface area contributed by atoms with Gasteiger partial charge in [0.25, 0.3) is 0 Å². The molecule has 32 heavy (non-hydrogen) atoms. The first-order valence-corrected chi connectivity index (χ1v) is 11.1. The number of thiazole rings is 1. The second kappa shape index (κ2) is 10.6. The fourth-order valence-electron chi connectivity index (χ4n) is 3.24. The highest BCUT2D eigenvalue weighted by atomic mass is 35.5. The summed E-state index contributed by atoms with van der Waals surface area (Å²) < 4.78 is 16.1. The SMILES string of the molecule is COc1cc([C@@H](C)NC(=O)NCc2nc(-c3ccc(Cl)cc3)c(C)s2)cc(OC)c1OC. The van der Waals surface area contributed by atoms with Crippen LogP contribution in [0, 0.1) is 6.92 Å². The monoisotopic (exact) mass is 475 g/mol. The number of aryl methyl sites for hydroxylation is 1. The summed E-state index contributed by atoms with van der Waals surface area (Å²) in [6.07, 6.45) is 0. The highest BCUT2D eigenvalue weighted by Gasteiger charge is 2.18. The molecule has 0 aliphatic rings. The van der Waals surface area contributed by atoms with Gasteiger partial charge in [0.05, 0.1) is 39.6 Å². The quantitative estimate of drug-likeness (QED) is 0.458. The van der Waals surface area contributed by atoms with E-state index in [0.29, 0.717) is 28.8 Å². The van der Waals surface area contributed by atoms with Crippen molar-refractivity contribution < 1.29 is 19.0 Å². The summed E-state index contributed by atoms with van der Waals surface area (Å²) in [5, 5.41) is 7.30. The van der Waals surface area contributed by atoms with Gasteiger partial charge in [0, 0.05) is 15.5 Å². The summed E-state index contributed by atoms with van der Waals surface area (Å²) in [4.78, 5) is 18.2. The number of amides is 2. The van der Waals surface area contributed by atoms with Crippen molar-refractivity contribution in [1.82, 2.24) is 15.6 Å². The van der Waals surface area contributed by atoms with E-state index in [2.05, 4.69) is 15.6 Å². The predicted molar refractivity (Wildman–Crippen MR) is 127 cm³/mol. The van der Waals surface area contributed by atoms with Gasteiger partial charge in [-0.15, -0.1) is 11.3 Å². The van der Waals surface area contributed by atoms with E-state index < -0.39 is 0 Å². The van der Waals surface area contributed by atoms with Crippen LogP contribution in [0.25, 0.3) is 11.3 Å². The van der Waals surface area contributed by atoms with Crippen LogP contribution in [0.15, 0.2) is 36.4 Å². The molecule has 0 saturated heterocycles. The Bertz CT molecular complexity index is 1060. The van der Waals surface area contributed by atoms with Gasteiger partial charge in [0.2, 0.25) is 5.75 Å². The summed E-state index contributed by atoms with van der Waals surface area (Å²) >= 11 is 7.52. The minimum absolute atomic E-state index is 0.286. The number of aromatic nitrogens is 1. The molecular weight excluding hydrogens is 450 g/mol. The zero-order chi connectivity index (χ0) is 23.3. The first kappa shape index (κ1) is 23.7. The number of nitrogens with one attached hydrogen (secondary N) is 2. The number of halogens is 1. The number of carbonyl (C=O) groups is 1. The van der Waals surface area contributed by atoms with Crippen LogP contribution in [-0.2, 0) is 6.54 Å². The molecule has 0 radical (unpaired) electrons. The number of hydrogen-bond donors (Lipinski definition) is 2. The predicted octanol–water partition coefficient (Wildman–Crippen LogP) is 5.36. The van der Waals surface area contributed by atoms with E-state index in [1.807, 2.05) is 50.2 Å². The minimum Gasteiger partial charge on any atom is -0.493 e. The Morgan fingerprint density at radius 3 is 2.28 bits per heavy atom. The zero-order valence-corrected chi connectivity index (χ0v) is 20.2. The van der Waals surface area contributed by atoms with Crippen molar-refractivity contribution in [3.8, 4) is 28.5 Å². The van der Waals surface area contributed by atoms with E-state index >= 15 is 0 Å². The van der Waals surface area contributed by atoms with E-state index in [9.17, 15) is 4.79 Å². The largest absolute Gasteiger partial charge is 0.493 e. The normalized spacial score (nSPS) is 11.6. The van der Waals surface area contributed by atoms with Crippen molar-refractivity contribution in [2.45, 2.75) is 26.4 Å². The second-order valence-corrected chi connectivity index (χ2v) is 8.75. The summed E-state index contributed by atoms with van der Waals surface area (Å²) in [6.45, 7) is 4.22. The van der Waals surface area contributed by atoms with Crippen molar-refractivity contribution in [1.29, 1.82) is 0 Å². The molecule has 0 saturated carbocycles. The average molecular weight is 476 g/mol. The van der Waals surface area contributed by atoms with Crippen LogP contribution in [0.4, 0.5) is 4.79 Å². The van der Waals surface area contributed by atoms with Crippen molar-refractivity contribution >= 4 is 29.0 Å². The summed E-state index contributed by atoms with van der Waals surface area (Å²) in [7, 11) is 4.66. The Labute approximate surface area is 196 Å². The maximum absolute atomic E-state index is 12.5. The molecule has 1 aromatic heterocycles. The van der Waals surface area contributed by atoms with Crippen LogP contribution in [0.5, 0.6) is 17.2 Å². The van der Waals surface area contributed by atoms with Crippen LogP contribution in [0.1, 0.15) is 28.4 Å². The third-order valence-corrected chi connectivity index (χ3v) is 6.12. The standard InChI is InChI=1S/C23H26ClN3O4S/c1-13(16-10-18(29-3)22(31-5)19(11-16)30-4)26-23(28)25-12-20-27-21(14(2)32-20)15-6-8-17(24)9-7-15/h6-11,13H,12H2,1-5H3,(H2,25,26,28)/t13-/m1/s1. The van der Waals surface area contributed by atoms with Gasteiger partial charge >= 0.3 is 6.03 Å². The average Bonchev–Trinajstić information content (AvgIpc) is 3.17. The molecule has 1 atom stereocenters. The maximum Gasteiger partial charge on any atom is 0.315 e. The molecule has 0 spiro atoms. The lowest BCUT2D eigenvalue weighted by Crippen LogP contribution is -2.36. The fraction of sp³-hybridized carbons (Fsp3) is 0.304. The first-order valence-electron chi connectivity index (χ1n) is 9.92. The number of urea groups is 1. The zero-order valence-electron chi connectivity index (χ0n) is 18.6. The van der Waals surface area contributed by atoms with E-state index in [1.54, 1.807) is 32.7 Å². The van der Waals surface area contributed by atoms with Crippen molar-refractivity contribution in [3.05, 3.63) is 56.9 Å². The number of hydrogen-bond acceptors (Lipinski definition) is 6. The highest BCUT2D eigenvalue weighted by Crippen LogP contribution is 2.39. The maximum atomic E-state index is 12.5. The molecule has 0 aliphatic carbocycles.